The van der Waals surface area contributed by atoms with Crippen molar-refractivity contribution in [3.8, 4) is 11.8 Å². The number of nitrogens with one attached hydrogen (secondary N) is 1. The zero-order valence-corrected chi connectivity index (χ0v) is 14.0. The SMILES string of the molecule is COC(=O)[C@@H]1C[C@@H](OCC#Cc2ccccc2Br)CN1.Cl. The monoisotopic (exact) mass is 373 g/mol. The molecule has 0 radical (unpaired) electrons. The lowest BCUT2D eigenvalue weighted by Gasteiger charge is -2.08. The summed E-state index contributed by atoms with van der Waals surface area (Å²) in [5.41, 5.74) is 0.938. The van der Waals surface area contributed by atoms with Crippen molar-refractivity contribution in [3.63, 3.8) is 0 Å². The number of halogens is 2. The second-order valence-electron chi connectivity index (χ2n) is 4.43. The van der Waals surface area contributed by atoms with Crippen LogP contribution in [0.4, 0.5) is 0 Å². The molecule has 0 aromatic heterocycles. The van der Waals surface area contributed by atoms with Crippen LogP contribution < -0.4 is 5.32 Å². The molecule has 1 aromatic carbocycles. The molecule has 1 heterocycles. The van der Waals surface area contributed by atoms with Crippen LogP contribution >= 0.6 is 28.3 Å². The minimum absolute atomic E-state index is 0. The first-order valence-electron chi connectivity index (χ1n) is 6.37. The number of hydrogen-bond acceptors (Lipinski definition) is 4. The molecular weight excluding hydrogens is 358 g/mol. The summed E-state index contributed by atoms with van der Waals surface area (Å²) in [6.07, 6.45) is 0.635. The van der Waals surface area contributed by atoms with Crippen LogP contribution in [-0.4, -0.2) is 38.4 Å². The Kier molecular flexibility index (Phi) is 7.76. The van der Waals surface area contributed by atoms with E-state index in [4.69, 9.17) is 4.74 Å². The maximum absolute atomic E-state index is 11.3. The van der Waals surface area contributed by atoms with Crippen LogP contribution in [-0.2, 0) is 14.3 Å². The van der Waals surface area contributed by atoms with Gasteiger partial charge in [-0.25, -0.2) is 0 Å². The molecule has 0 spiro atoms. The average Bonchev–Trinajstić information content (AvgIpc) is 2.93. The molecule has 0 amide bonds. The largest absolute Gasteiger partial charge is 0.468 e. The highest BCUT2D eigenvalue weighted by Gasteiger charge is 2.30. The first kappa shape index (κ1) is 18.0. The summed E-state index contributed by atoms with van der Waals surface area (Å²) in [6, 6.07) is 7.52. The van der Waals surface area contributed by atoms with E-state index in [1.165, 1.54) is 7.11 Å². The van der Waals surface area contributed by atoms with E-state index in [0.717, 1.165) is 10.0 Å². The Labute approximate surface area is 139 Å². The molecule has 0 aliphatic carbocycles. The number of carbonyl (C=O) groups is 1. The predicted octanol–water partition coefficient (Wildman–Crippen LogP) is 2.14. The van der Waals surface area contributed by atoms with Crippen LogP contribution in [0.3, 0.4) is 0 Å². The van der Waals surface area contributed by atoms with Gasteiger partial charge in [0.05, 0.1) is 13.2 Å². The number of carbonyl (C=O) groups excluding carboxylic acids is 1. The quantitative estimate of drug-likeness (QED) is 0.650. The molecule has 1 aliphatic heterocycles. The fourth-order valence-corrected chi connectivity index (χ4v) is 2.39. The fourth-order valence-electron chi connectivity index (χ4n) is 2.01. The van der Waals surface area contributed by atoms with Gasteiger partial charge in [0.2, 0.25) is 0 Å². The third kappa shape index (κ3) is 5.33. The molecule has 6 heteroatoms. The lowest BCUT2D eigenvalue weighted by Crippen LogP contribution is -2.31. The van der Waals surface area contributed by atoms with Crippen molar-refractivity contribution in [1.29, 1.82) is 0 Å². The van der Waals surface area contributed by atoms with Crippen molar-refractivity contribution in [2.45, 2.75) is 18.6 Å². The van der Waals surface area contributed by atoms with E-state index in [-0.39, 0.29) is 30.5 Å². The van der Waals surface area contributed by atoms with Gasteiger partial charge in [-0.1, -0.05) is 24.0 Å². The summed E-state index contributed by atoms with van der Waals surface area (Å²) in [4.78, 5) is 11.3. The smallest absolute Gasteiger partial charge is 0.322 e. The highest BCUT2D eigenvalue weighted by Crippen LogP contribution is 2.14. The zero-order chi connectivity index (χ0) is 14.4. The molecule has 1 saturated heterocycles. The average molecular weight is 375 g/mol. The molecule has 2 atom stereocenters. The van der Waals surface area contributed by atoms with E-state index in [2.05, 4.69) is 37.8 Å². The Morgan fingerprint density at radius 2 is 2.24 bits per heavy atom. The summed E-state index contributed by atoms with van der Waals surface area (Å²) >= 11 is 3.44. The van der Waals surface area contributed by atoms with Gasteiger partial charge in [-0.05, 0) is 28.1 Å². The molecule has 21 heavy (non-hydrogen) atoms. The van der Waals surface area contributed by atoms with E-state index >= 15 is 0 Å². The Morgan fingerprint density at radius 3 is 2.95 bits per heavy atom. The first-order chi connectivity index (χ1) is 9.70. The third-order valence-corrected chi connectivity index (χ3v) is 3.76. The topological polar surface area (TPSA) is 47.6 Å². The van der Waals surface area contributed by atoms with E-state index in [0.29, 0.717) is 19.6 Å². The Bertz CT molecular complexity index is 541. The minimum Gasteiger partial charge on any atom is -0.468 e. The van der Waals surface area contributed by atoms with Gasteiger partial charge in [0.15, 0.2) is 0 Å². The van der Waals surface area contributed by atoms with Gasteiger partial charge in [0.25, 0.3) is 0 Å². The maximum atomic E-state index is 11.3. The van der Waals surface area contributed by atoms with Gasteiger partial charge >= 0.3 is 5.97 Å². The van der Waals surface area contributed by atoms with E-state index in [1.54, 1.807) is 0 Å². The molecular formula is C15H17BrClNO3. The van der Waals surface area contributed by atoms with E-state index in [9.17, 15) is 4.79 Å². The first-order valence-corrected chi connectivity index (χ1v) is 7.16. The summed E-state index contributed by atoms with van der Waals surface area (Å²) in [5.74, 6) is 5.79. The van der Waals surface area contributed by atoms with Crippen LogP contribution in [0.2, 0.25) is 0 Å². The Morgan fingerprint density at radius 1 is 1.48 bits per heavy atom. The fraction of sp³-hybridized carbons (Fsp3) is 0.400. The second-order valence-corrected chi connectivity index (χ2v) is 5.29. The number of rotatable bonds is 3. The molecule has 1 aromatic rings. The molecule has 1 fully saturated rings. The molecule has 1 aliphatic rings. The van der Waals surface area contributed by atoms with E-state index in [1.807, 2.05) is 24.3 Å². The Balaban J connectivity index is 0.00000220. The lowest BCUT2D eigenvalue weighted by atomic mass is 10.2. The number of esters is 1. The molecule has 1 N–H and O–H groups in total. The summed E-state index contributed by atoms with van der Waals surface area (Å²) in [7, 11) is 1.39. The number of ether oxygens (including phenoxy) is 2. The van der Waals surface area contributed by atoms with Crippen LogP contribution in [0.15, 0.2) is 28.7 Å². The standard InChI is InChI=1S/C15H16BrNO3.ClH/c1-19-15(18)14-9-12(10-17-14)20-8-4-6-11-5-2-3-7-13(11)16;/h2-3,5,7,12,14,17H,8-10H2,1H3;1H/t12-,14+;/m1./s1. The van der Waals surface area contributed by atoms with Crippen LogP contribution in [0, 0.1) is 11.8 Å². The van der Waals surface area contributed by atoms with Crippen LogP contribution in [0.5, 0.6) is 0 Å². The van der Waals surface area contributed by atoms with Gasteiger partial charge in [-0.15, -0.1) is 12.4 Å². The molecule has 0 bridgehead atoms. The van der Waals surface area contributed by atoms with E-state index < -0.39 is 0 Å². The number of methoxy groups -OCH3 is 1. The van der Waals surface area contributed by atoms with Gasteiger partial charge in [0, 0.05) is 23.0 Å². The maximum Gasteiger partial charge on any atom is 0.322 e. The van der Waals surface area contributed by atoms with Crippen molar-refractivity contribution in [3.05, 3.63) is 34.3 Å². The summed E-state index contributed by atoms with van der Waals surface area (Å²) in [5, 5.41) is 3.07. The van der Waals surface area contributed by atoms with Gasteiger partial charge in [0.1, 0.15) is 12.6 Å². The molecule has 2 rings (SSSR count). The van der Waals surface area contributed by atoms with Crippen LogP contribution in [0.25, 0.3) is 0 Å². The van der Waals surface area contributed by atoms with Crippen molar-refractivity contribution >= 4 is 34.3 Å². The van der Waals surface area contributed by atoms with Crippen LogP contribution in [0.1, 0.15) is 12.0 Å². The molecule has 114 valence electrons. The zero-order valence-electron chi connectivity index (χ0n) is 11.6. The Hall–Kier alpha value is -1.06. The summed E-state index contributed by atoms with van der Waals surface area (Å²) < 4.78 is 11.3. The van der Waals surface area contributed by atoms with Gasteiger partial charge < -0.3 is 14.8 Å². The number of hydrogen-bond donors (Lipinski definition) is 1. The molecule has 0 saturated carbocycles. The van der Waals surface area contributed by atoms with Gasteiger partial charge in [-0.2, -0.15) is 0 Å². The second kappa shape index (κ2) is 9.06. The molecule has 4 nitrogen and oxygen atoms in total. The van der Waals surface area contributed by atoms with Crippen molar-refractivity contribution in [2.75, 3.05) is 20.3 Å². The lowest BCUT2D eigenvalue weighted by molar-refractivity contribution is -0.142. The highest BCUT2D eigenvalue weighted by molar-refractivity contribution is 9.10. The highest BCUT2D eigenvalue weighted by atomic mass is 79.9. The minimum atomic E-state index is -0.263. The van der Waals surface area contributed by atoms with Crippen molar-refractivity contribution in [1.82, 2.24) is 5.32 Å². The van der Waals surface area contributed by atoms with Crippen molar-refractivity contribution in [2.24, 2.45) is 0 Å². The normalized spacial score (nSPS) is 20.1. The predicted molar refractivity (Wildman–Crippen MR) is 86.4 cm³/mol. The summed E-state index contributed by atoms with van der Waals surface area (Å²) in [6.45, 7) is 0.998. The molecule has 0 unspecified atom stereocenters. The number of benzene rings is 1. The third-order valence-electron chi connectivity index (χ3n) is 3.06. The van der Waals surface area contributed by atoms with Crippen molar-refractivity contribution < 1.29 is 14.3 Å². The van der Waals surface area contributed by atoms with Gasteiger partial charge in [-0.3, -0.25) is 4.79 Å².